The van der Waals surface area contributed by atoms with E-state index in [2.05, 4.69) is 20.0 Å². The van der Waals surface area contributed by atoms with E-state index in [0.717, 1.165) is 5.56 Å². The van der Waals surface area contributed by atoms with Gasteiger partial charge in [0.05, 0.1) is 12.2 Å². The van der Waals surface area contributed by atoms with Gasteiger partial charge >= 0.3 is 6.18 Å². The molecule has 0 aliphatic rings. The molecule has 0 saturated heterocycles. The van der Waals surface area contributed by atoms with Gasteiger partial charge in [-0.3, -0.25) is 9.78 Å². The normalized spacial score (nSPS) is 11.3. The molecular formula is C20H27F3N4O2. The molecule has 1 amide bonds. The van der Waals surface area contributed by atoms with Crippen molar-refractivity contribution in [2.45, 2.75) is 52.9 Å². The Labute approximate surface area is 168 Å². The van der Waals surface area contributed by atoms with Crippen molar-refractivity contribution < 1.29 is 22.7 Å². The minimum Gasteiger partial charge on any atom is -0.468 e. The van der Waals surface area contributed by atoms with E-state index in [4.69, 9.17) is 5.73 Å². The summed E-state index contributed by atoms with van der Waals surface area (Å²) in [5, 5.41) is 2.68. The maximum Gasteiger partial charge on any atom is 0.422 e. The third-order valence-corrected chi connectivity index (χ3v) is 3.14. The average Bonchev–Trinajstić information content (AvgIpc) is 2.57. The highest BCUT2D eigenvalue weighted by atomic mass is 19.4. The molecule has 0 unspecified atom stereocenters. The third kappa shape index (κ3) is 11.0. The number of alkyl halides is 3. The van der Waals surface area contributed by atoms with Gasteiger partial charge in [0.25, 0.3) is 5.91 Å². The molecule has 0 bridgehead atoms. The van der Waals surface area contributed by atoms with Crippen LogP contribution in [0.4, 0.5) is 13.2 Å². The van der Waals surface area contributed by atoms with Gasteiger partial charge in [-0.05, 0) is 52.3 Å². The average molecular weight is 412 g/mol. The molecule has 2 aromatic rings. The number of carbonyl (C=O) groups excluding carboxylic acids is 1. The molecule has 0 radical (unpaired) electrons. The first-order chi connectivity index (χ1) is 13.2. The highest BCUT2D eigenvalue weighted by Crippen LogP contribution is 2.18. The van der Waals surface area contributed by atoms with Crippen molar-refractivity contribution >= 4 is 5.91 Å². The SMILES string of the molecule is CC(C)(C)N.Cc1cc(C(=O)NCc2nc(OCC(F)(F)F)ccc2C)ccn1. The van der Waals surface area contributed by atoms with Crippen LogP contribution in [0.25, 0.3) is 0 Å². The van der Waals surface area contributed by atoms with Crippen molar-refractivity contribution in [1.29, 1.82) is 0 Å². The number of hydrogen-bond acceptors (Lipinski definition) is 5. The fraction of sp³-hybridized carbons (Fsp3) is 0.450. The standard InChI is InChI=1S/C16H16F3N3O2.C4H11N/c1-10-3-4-14(24-9-16(17,18)19)22-13(10)8-21-15(23)12-5-6-20-11(2)7-12;1-4(2,3)5/h3-7H,8-9H2,1-2H3,(H,21,23);5H2,1-3H3. The number of amides is 1. The summed E-state index contributed by atoms with van der Waals surface area (Å²) in [6.45, 7) is 8.08. The largest absolute Gasteiger partial charge is 0.468 e. The van der Waals surface area contributed by atoms with Crippen molar-refractivity contribution in [2.75, 3.05) is 6.61 Å². The lowest BCUT2D eigenvalue weighted by Crippen LogP contribution is -2.26. The minimum absolute atomic E-state index is 0. The lowest BCUT2D eigenvalue weighted by Gasteiger charge is -2.12. The number of pyridine rings is 2. The summed E-state index contributed by atoms with van der Waals surface area (Å²) in [4.78, 5) is 20.1. The topological polar surface area (TPSA) is 90.1 Å². The molecule has 0 spiro atoms. The Morgan fingerprint density at radius 1 is 1.17 bits per heavy atom. The van der Waals surface area contributed by atoms with Gasteiger partial charge in [0, 0.05) is 29.1 Å². The van der Waals surface area contributed by atoms with E-state index in [0.29, 0.717) is 17.0 Å². The Hall–Kier alpha value is -2.68. The van der Waals surface area contributed by atoms with Crippen LogP contribution in [0.3, 0.4) is 0 Å². The van der Waals surface area contributed by atoms with Crippen molar-refractivity contribution in [3.63, 3.8) is 0 Å². The molecule has 0 aromatic carbocycles. The second kappa shape index (κ2) is 10.2. The monoisotopic (exact) mass is 412 g/mol. The Bertz CT molecular complexity index is 812. The number of nitrogens with zero attached hydrogens (tertiary/aromatic N) is 2. The van der Waals surface area contributed by atoms with Crippen LogP contribution >= 0.6 is 0 Å². The molecule has 0 saturated carbocycles. The van der Waals surface area contributed by atoms with Crippen LogP contribution in [-0.2, 0) is 6.54 Å². The number of ether oxygens (including phenoxy) is 1. The molecule has 2 rings (SSSR count). The Morgan fingerprint density at radius 3 is 2.34 bits per heavy atom. The summed E-state index contributed by atoms with van der Waals surface area (Å²) in [6, 6.07) is 6.17. The van der Waals surface area contributed by atoms with E-state index in [1.165, 1.54) is 12.3 Å². The minimum atomic E-state index is -4.43. The molecular weight excluding hydrogens is 385 g/mol. The van der Waals surface area contributed by atoms with Crippen LogP contribution in [-0.4, -0.2) is 34.2 Å². The summed E-state index contributed by atoms with van der Waals surface area (Å²) >= 11 is 0. The summed E-state index contributed by atoms with van der Waals surface area (Å²) in [5.41, 5.74) is 7.69. The maximum absolute atomic E-state index is 12.2. The van der Waals surface area contributed by atoms with Gasteiger partial charge in [0.1, 0.15) is 0 Å². The quantitative estimate of drug-likeness (QED) is 0.781. The highest BCUT2D eigenvalue weighted by Gasteiger charge is 2.28. The van der Waals surface area contributed by atoms with Crippen molar-refractivity contribution in [2.24, 2.45) is 5.73 Å². The van der Waals surface area contributed by atoms with Crippen molar-refractivity contribution in [1.82, 2.24) is 15.3 Å². The predicted octanol–water partition coefficient (Wildman–Crippen LogP) is 3.71. The van der Waals surface area contributed by atoms with Crippen LogP contribution in [0, 0.1) is 13.8 Å². The summed E-state index contributed by atoms with van der Waals surface area (Å²) in [5.74, 6) is -0.453. The van der Waals surface area contributed by atoms with E-state index < -0.39 is 12.8 Å². The smallest absolute Gasteiger partial charge is 0.422 e. The van der Waals surface area contributed by atoms with E-state index in [1.54, 1.807) is 32.0 Å². The molecule has 0 aliphatic heterocycles. The lowest BCUT2D eigenvalue weighted by atomic mass is 10.1. The van der Waals surface area contributed by atoms with Crippen LogP contribution in [0.5, 0.6) is 5.88 Å². The molecule has 3 N–H and O–H groups in total. The first-order valence-electron chi connectivity index (χ1n) is 8.90. The van der Waals surface area contributed by atoms with Crippen LogP contribution in [0.1, 0.15) is 48.1 Å². The Morgan fingerprint density at radius 2 is 1.79 bits per heavy atom. The number of hydrogen-bond donors (Lipinski definition) is 2. The lowest BCUT2D eigenvalue weighted by molar-refractivity contribution is -0.154. The van der Waals surface area contributed by atoms with E-state index in [1.807, 2.05) is 20.8 Å². The molecule has 29 heavy (non-hydrogen) atoms. The second-order valence-electron chi connectivity index (χ2n) is 7.55. The zero-order valence-corrected chi connectivity index (χ0v) is 17.2. The molecule has 6 nitrogen and oxygen atoms in total. The molecule has 2 aromatic heterocycles. The van der Waals surface area contributed by atoms with Gasteiger partial charge < -0.3 is 15.8 Å². The van der Waals surface area contributed by atoms with Gasteiger partial charge in [-0.15, -0.1) is 0 Å². The van der Waals surface area contributed by atoms with Crippen molar-refractivity contribution in [3.8, 4) is 5.88 Å². The summed E-state index contributed by atoms with van der Waals surface area (Å²) in [7, 11) is 0. The number of nitrogens with one attached hydrogen (secondary N) is 1. The number of halogens is 3. The molecule has 160 valence electrons. The number of rotatable bonds is 5. The summed E-state index contributed by atoms with van der Waals surface area (Å²) in [6.07, 6.45) is -2.90. The van der Waals surface area contributed by atoms with Gasteiger partial charge in [-0.25, -0.2) is 4.98 Å². The van der Waals surface area contributed by atoms with E-state index in [-0.39, 0.29) is 23.9 Å². The fourth-order valence-electron chi connectivity index (χ4n) is 1.92. The van der Waals surface area contributed by atoms with Crippen LogP contribution < -0.4 is 15.8 Å². The zero-order valence-electron chi connectivity index (χ0n) is 17.2. The van der Waals surface area contributed by atoms with Gasteiger partial charge in [-0.1, -0.05) is 6.07 Å². The number of aryl methyl sites for hydroxylation is 2. The molecule has 0 fully saturated rings. The molecule has 0 atom stereocenters. The first kappa shape index (κ1) is 24.4. The zero-order chi connectivity index (χ0) is 22.2. The van der Waals surface area contributed by atoms with E-state index >= 15 is 0 Å². The molecule has 9 heteroatoms. The van der Waals surface area contributed by atoms with Crippen LogP contribution in [0.2, 0.25) is 0 Å². The van der Waals surface area contributed by atoms with Crippen molar-refractivity contribution in [3.05, 3.63) is 53.0 Å². The third-order valence-electron chi connectivity index (χ3n) is 3.14. The summed E-state index contributed by atoms with van der Waals surface area (Å²) < 4.78 is 41.2. The fourth-order valence-corrected chi connectivity index (χ4v) is 1.92. The van der Waals surface area contributed by atoms with Gasteiger partial charge in [0.15, 0.2) is 6.61 Å². The maximum atomic E-state index is 12.2. The predicted molar refractivity (Wildman–Crippen MR) is 105 cm³/mol. The van der Waals surface area contributed by atoms with Gasteiger partial charge in [-0.2, -0.15) is 13.2 Å². The molecule has 2 heterocycles. The van der Waals surface area contributed by atoms with Crippen LogP contribution in [0.15, 0.2) is 30.5 Å². The first-order valence-corrected chi connectivity index (χ1v) is 8.90. The van der Waals surface area contributed by atoms with Gasteiger partial charge in [0.2, 0.25) is 5.88 Å². The Balaban J connectivity index is 0.000000749. The molecule has 0 aliphatic carbocycles. The number of carbonyl (C=O) groups is 1. The van der Waals surface area contributed by atoms with E-state index in [9.17, 15) is 18.0 Å². The second-order valence-corrected chi connectivity index (χ2v) is 7.55. The number of aromatic nitrogens is 2. The highest BCUT2D eigenvalue weighted by molar-refractivity contribution is 5.94. The number of nitrogens with two attached hydrogens (primary N) is 1. The Kier molecular flexibility index (Phi) is 8.57.